The lowest BCUT2D eigenvalue weighted by molar-refractivity contribution is 0.0919. The first-order valence-corrected chi connectivity index (χ1v) is 5.33. The maximum atomic E-state index is 11.7. The minimum atomic E-state index is -0.261. The molecule has 0 spiro atoms. The van der Waals surface area contributed by atoms with E-state index >= 15 is 0 Å². The van der Waals surface area contributed by atoms with E-state index in [1.54, 1.807) is 18.2 Å². The van der Waals surface area contributed by atoms with Crippen LogP contribution in [0.1, 0.15) is 31.1 Å². The molecule has 82 valence electrons. The Bertz CT molecular complexity index is 383. The van der Waals surface area contributed by atoms with Gasteiger partial charge in [0, 0.05) is 11.1 Å². The fourth-order valence-electron chi connectivity index (χ4n) is 1.05. The second-order valence-corrected chi connectivity index (χ2v) is 5.15. The highest BCUT2D eigenvalue weighted by atomic mass is 35.5. The summed E-state index contributed by atoms with van der Waals surface area (Å²) in [4.78, 5) is 11.7. The van der Waals surface area contributed by atoms with Crippen molar-refractivity contribution in [1.82, 2.24) is 5.32 Å². The summed E-state index contributed by atoms with van der Waals surface area (Å²) in [5.74, 6) is -0.152. The minimum absolute atomic E-state index is 0.152. The van der Waals surface area contributed by atoms with Crippen LogP contribution in [0.2, 0.25) is 10.0 Å². The molecule has 0 heterocycles. The summed E-state index contributed by atoms with van der Waals surface area (Å²) < 4.78 is 0. The zero-order chi connectivity index (χ0) is 11.6. The highest BCUT2D eigenvalue weighted by Gasteiger charge is 2.15. The van der Waals surface area contributed by atoms with Crippen LogP contribution < -0.4 is 5.32 Å². The van der Waals surface area contributed by atoms with Crippen molar-refractivity contribution in [1.29, 1.82) is 0 Å². The van der Waals surface area contributed by atoms with Gasteiger partial charge in [0.1, 0.15) is 0 Å². The van der Waals surface area contributed by atoms with Crippen LogP contribution in [-0.4, -0.2) is 11.4 Å². The number of carbonyl (C=O) groups is 1. The molecule has 0 aliphatic heterocycles. The van der Waals surface area contributed by atoms with Gasteiger partial charge in [0.15, 0.2) is 0 Å². The molecule has 1 aromatic carbocycles. The maximum Gasteiger partial charge on any atom is 0.251 e. The number of amides is 1. The zero-order valence-corrected chi connectivity index (χ0v) is 10.4. The van der Waals surface area contributed by atoms with Gasteiger partial charge in [-0.05, 0) is 39.0 Å². The monoisotopic (exact) mass is 245 g/mol. The van der Waals surface area contributed by atoms with Crippen molar-refractivity contribution in [3.63, 3.8) is 0 Å². The molecule has 0 saturated carbocycles. The van der Waals surface area contributed by atoms with E-state index in [0.29, 0.717) is 15.6 Å². The van der Waals surface area contributed by atoms with E-state index in [2.05, 4.69) is 5.32 Å². The lowest BCUT2D eigenvalue weighted by Gasteiger charge is -2.20. The predicted octanol–water partition coefficient (Wildman–Crippen LogP) is 3.52. The van der Waals surface area contributed by atoms with E-state index in [9.17, 15) is 4.79 Å². The Morgan fingerprint density at radius 3 is 2.27 bits per heavy atom. The lowest BCUT2D eigenvalue weighted by Crippen LogP contribution is -2.40. The van der Waals surface area contributed by atoms with E-state index in [4.69, 9.17) is 23.2 Å². The van der Waals surface area contributed by atoms with Crippen LogP contribution >= 0.6 is 23.2 Å². The topological polar surface area (TPSA) is 29.1 Å². The summed E-state index contributed by atoms with van der Waals surface area (Å²) in [6.45, 7) is 5.76. The first-order chi connectivity index (χ1) is 6.79. The van der Waals surface area contributed by atoms with Crippen molar-refractivity contribution in [2.45, 2.75) is 26.3 Å². The molecule has 0 radical (unpaired) electrons. The van der Waals surface area contributed by atoms with Crippen LogP contribution in [0, 0.1) is 0 Å². The lowest BCUT2D eigenvalue weighted by atomic mass is 10.1. The summed E-state index contributed by atoms with van der Waals surface area (Å²) in [6, 6.07) is 4.82. The van der Waals surface area contributed by atoms with Gasteiger partial charge in [-0.15, -0.1) is 0 Å². The molecule has 0 fully saturated rings. The number of rotatable bonds is 1. The molecule has 0 unspecified atom stereocenters. The summed E-state index contributed by atoms with van der Waals surface area (Å²) in [7, 11) is 0. The van der Waals surface area contributed by atoms with E-state index < -0.39 is 0 Å². The van der Waals surface area contributed by atoms with Gasteiger partial charge in [-0.2, -0.15) is 0 Å². The molecule has 1 N–H and O–H groups in total. The van der Waals surface area contributed by atoms with E-state index in [0.717, 1.165) is 0 Å². The van der Waals surface area contributed by atoms with Crippen LogP contribution in [0.3, 0.4) is 0 Å². The third-order valence-electron chi connectivity index (χ3n) is 1.67. The maximum absolute atomic E-state index is 11.7. The number of carbonyl (C=O) groups excluding carboxylic acids is 1. The molecule has 0 saturated heterocycles. The standard InChI is InChI=1S/C11H13Cl2NO/c1-11(2,3)14-10(15)7-4-5-8(12)9(13)6-7/h4-6H,1-3H3,(H,14,15). The van der Waals surface area contributed by atoms with Crippen LogP contribution in [0.4, 0.5) is 0 Å². The Kier molecular flexibility index (Phi) is 3.63. The summed E-state index contributed by atoms with van der Waals surface area (Å²) in [5.41, 5.74) is 0.253. The first kappa shape index (κ1) is 12.3. The molecule has 0 aromatic heterocycles. The van der Waals surface area contributed by atoms with Crippen molar-refractivity contribution in [2.24, 2.45) is 0 Å². The summed E-state index contributed by atoms with van der Waals surface area (Å²) >= 11 is 11.6. The average Bonchev–Trinajstić information content (AvgIpc) is 2.06. The molecule has 0 aliphatic rings. The molecule has 0 bridgehead atoms. The molecule has 15 heavy (non-hydrogen) atoms. The van der Waals surface area contributed by atoms with Gasteiger partial charge in [0.2, 0.25) is 0 Å². The normalized spacial score (nSPS) is 11.3. The predicted molar refractivity (Wildman–Crippen MR) is 63.7 cm³/mol. The SMILES string of the molecule is CC(C)(C)NC(=O)c1ccc(Cl)c(Cl)c1. The Balaban J connectivity index is 2.88. The number of hydrogen-bond acceptors (Lipinski definition) is 1. The number of benzene rings is 1. The van der Waals surface area contributed by atoms with Gasteiger partial charge in [-0.3, -0.25) is 4.79 Å². The van der Waals surface area contributed by atoms with E-state index in [1.807, 2.05) is 20.8 Å². The fourth-order valence-corrected chi connectivity index (χ4v) is 1.35. The summed E-state index contributed by atoms with van der Waals surface area (Å²) in [5, 5.41) is 3.68. The molecule has 1 aromatic rings. The third-order valence-corrected chi connectivity index (χ3v) is 2.41. The molecule has 2 nitrogen and oxygen atoms in total. The quantitative estimate of drug-likeness (QED) is 0.806. The molecular weight excluding hydrogens is 233 g/mol. The van der Waals surface area contributed by atoms with Crippen molar-refractivity contribution >= 4 is 29.1 Å². The molecular formula is C11H13Cl2NO. The average molecular weight is 246 g/mol. The Labute approximate surface area is 99.6 Å². The molecule has 1 amide bonds. The van der Waals surface area contributed by atoms with E-state index in [1.165, 1.54) is 0 Å². The zero-order valence-electron chi connectivity index (χ0n) is 8.90. The Morgan fingerprint density at radius 2 is 1.80 bits per heavy atom. The van der Waals surface area contributed by atoms with Crippen LogP contribution in [0.25, 0.3) is 0 Å². The summed E-state index contributed by atoms with van der Waals surface area (Å²) in [6.07, 6.45) is 0. The molecule has 0 atom stereocenters. The fraction of sp³-hybridized carbons (Fsp3) is 0.364. The third kappa shape index (κ3) is 3.73. The van der Waals surface area contributed by atoms with Gasteiger partial charge in [-0.1, -0.05) is 23.2 Å². The van der Waals surface area contributed by atoms with Gasteiger partial charge < -0.3 is 5.32 Å². The van der Waals surface area contributed by atoms with Gasteiger partial charge in [-0.25, -0.2) is 0 Å². The van der Waals surface area contributed by atoms with Gasteiger partial charge >= 0.3 is 0 Å². The Hall–Kier alpha value is -0.730. The molecule has 0 aliphatic carbocycles. The van der Waals surface area contributed by atoms with Crippen molar-refractivity contribution < 1.29 is 4.79 Å². The molecule has 4 heteroatoms. The van der Waals surface area contributed by atoms with Gasteiger partial charge in [0.25, 0.3) is 5.91 Å². The number of hydrogen-bond donors (Lipinski definition) is 1. The largest absolute Gasteiger partial charge is 0.347 e. The second-order valence-electron chi connectivity index (χ2n) is 4.33. The van der Waals surface area contributed by atoms with Crippen LogP contribution in [0.15, 0.2) is 18.2 Å². The van der Waals surface area contributed by atoms with Crippen molar-refractivity contribution in [3.05, 3.63) is 33.8 Å². The van der Waals surface area contributed by atoms with Gasteiger partial charge in [0.05, 0.1) is 10.0 Å². The highest BCUT2D eigenvalue weighted by molar-refractivity contribution is 6.42. The second kappa shape index (κ2) is 4.42. The van der Waals surface area contributed by atoms with E-state index in [-0.39, 0.29) is 11.4 Å². The molecule has 1 rings (SSSR count). The first-order valence-electron chi connectivity index (χ1n) is 4.57. The number of nitrogens with one attached hydrogen (secondary N) is 1. The van der Waals surface area contributed by atoms with Crippen LogP contribution in [0.5, 0.6) is 0 Å². The van der Waals surface area contributed by atoms with Crippen molar-refractivity contribution in [3.8, 4) is 0 Å². The van der Waals surface area contributed by atoms with Crippen LogP contribution in [-0.2, 0) is 0 Å². The highest BCUT2D eigenvalue weighted by Crippen LogP contribution is 2.22. The number of halogens is 2. The minimum Gasteiger partial charge on any atom is -0.347 e. The Morgan fingerprint density at radius 1 is 1.20 bits per heavy atom. The smallest absolute Gasteiger partial charge is 0.251 e. The van der Waals surface area contributed by atoms with Crippen molar-refractivity contribution in [2.75, 3.05) is 0 Å².